The molecule has 2 aromatic rings. The van der Waals surface area contributed by atoms with Crippen LogP contribution in [0.25, 0.3) is 0 Å². The number of aromatic carboxylic acids is 1. The number of rotatable bonds is 4. The summed E-state index contributed by atoms with van der Waals surface area (Å²) in [6.45, 7) is 5.99. The molecule has 1 heterocycles. The zero-order valence-electron chi connectivity index (χ0n) is 12.1. The molecular formula is C16H17NO3S. The van der Waals surface area contributed by atoms with E-state index in [1.54, 1.807) is 0 Å². The number of aryl methyl sites for hydroxylation is 2. The molecule has 0 aliphatic rings. The highest BCUT2D eigenvalue weighted by atomic mass is 32.1. The van der Waals surface area contributed by atoms with Gasteiger partial charge in [0, 0.05) is 0 Å². The molecule has 1 atom stereocenters. The zero-order chi connectivity index (χ0) is 15.6. The number of carbonyl (C=O) groups is 2. The minimum atomic E-state index is -1.01. The predicted octanol–water partition coefficient (Wildman–Crippen LogP) is 3.55. The van der Waals surface area contributed by atoms with Crippen LogP contribution in [0.3, 0.4) is 0 Å². The summed E-state index contributed by atoms with van der Waals surface area (Å²) in [5, 5.41) is 11.8. The smallest absolute Gasteiger partial charge is 0.345 e. The second-order valence-electron chi connectivity index (χ2n) is 5.01. The largest absolute Gasteiger partial charge is 0.477 e. The second kappa shape index (κ2) is 6.10. The van der Waals surface area contributed by atoms with Crippen LogP contribution in [-0.2, 0) is 0 Å². The first-order valence-electron chi connectivity index (χ1n) is 6.59. The topological polar surface area (TPSA) is 66.4 Å². The average Bonchev–Trinajstić information content (AvgIpc) is 2.91. The predicted molar refractivity (Wildman–Crippen MR) is 83.1 cm³/mol. The van der Waals surface area contributed by atoms with Crippen molar-refractivity contribution in [1.82, 2.24) is 5.32 Å². The zero-order valence-corrected chi connectivity index (χ0v) is 13.0. The first-order valence-corrected chi connectivity index (χ1v) is 7.41. The van der Waals surface area contributed by atoms with E-state index in [9.17, 15) is 9.59 Å². The summed E-state index contributed by atoms with van der Waals surface area (Å²) in [6, 6.07) is 8.93. The molecule has 5 heteroatoms. The molecular weight excluding hydrogens is 286 g/mol. The first kappa shape index (κ1) is 15.3. The van der Waals surface area contributed by atoms with E-state index in [0.29, 0.717) is 4.88 Å². The normalized spacial score (nSPS) is 12.0. The minimum absolute atomic E-state index is 0.132. The van der Waals surface area contributed by atoms with Crippen LogP contribution >= 0.6 is 11.3 Å². The summed E-state index contributed by atoms with van der Waals surface area (Å²) in [7, 11) is 0. The van der Waals surface area contributed by atoms with Gasteiger partial charge in [0.05, 0.1) is 10.9 Å². The van der Waals surface area contributed by atoms with Gasteiger partial charge in [-0.05, 0) is 49.6 Å². The van der Waals surface area contributed by atoms with Crippen LogP contribution < -0.4 is 5.32 Å². The fourth-order valence-electron chi connectivity index (χ4n) is 1.96. The Morgan fingerprint density at radius 2 is 1.76 bits per heavy atom. The third-order valence-electron chi connectivity index (χ3n) is 3.42. The lowest BCUT2D eigenvalue weighted by atomic mass is 10.0. The Morgan fingerprint density at radius 3 is 2.33 bits per heavy atom. The van der Waals surface area contributed by atoms with Crippen molar-refractivity contribution in [1.29, 1.82) is 0 Å². The maximum Gasteiger partial charge on any atom is 0.345 e. The standard InChI is InChI=1S/C16H17NO3S/c1-9-4-5-12(8-10(9)2)11(3)17-15(18)13-6-7-14(21-13)16(19)20/h4-8,11H,1-3H3,(H,17,18)(H,19,20). The SMILES string of the molecule is Cc1ccc(C(C)NC(=O)c2ccc(C(=O)O)s2)cc1C. The lowest BCUT2D eigenvalue weighted by molar-refractivity contribution is 0.0702. The van der Waals surface area contributed by atoms with Gasteiger partial charge in [-0.2, -0.15) is 0 Å². The maximum atomic E-state index is 12.1. The lowest BCUT2D eigenvalue weighted by Gasteiger charge is -2.15. The first-order chi connectivity index (χ1) is 9.88. The van der Waals surface area contributed by atoms with E-state index in [-0.39, 0.29) is 16.8 Å². The van der Waals surface area contributed by atoms with Crippen molar-refractivity contribution in [2.45, 2.75) is 26.8 Å². The Labute approximate surface area is 127 Å². The van der Waals surface area contributed by atoms with E-state index in [1.807, 2.05) is 32.9 Å². The summed E-state index contributed by atoms with van der Waals surface area (Å²) >= 11 is 0.980. The number of carbonyl (C=O) groups excluding carboxylic acids is 1. The minimum Gasteiger partial charge on any atom is -0.477 e. The van der Waals surface area contributed by atoms with Crippen molar-refractivity contribution in [3.63, 3.8) is 0 Å². The molecule has 1 aromatic heterocycles. The summed E-state index contributed by atoms with van der Waals surface area (Å²) < 4.78 is 0. The van der Waals surface area contributed by atoms with Crippen LogP contribution in [0, 0.1) is 13.8 Å². The van der Waals surface area contributed by atoms with Crippen molar-refractivity contribution >= 4 is 23.2 Å². The Balaban J connectivity index is 2.10. The Morgan fingerprint density at radius 1 is 1.10 bits per heavy atom. The summed E-state index contributed by atoms with van der Waals surface area (Å²) in [4.78, 5) is 23.5. The summed E-state index contributed by atoms with van der Waals surface area (Å²) in [5.74, 6) is -1.26. The molecule has 2 N–H and O–H groups in total. The molecule has 0 spiro atoms. The van der Waals surface area contributed by atoms with Gasteiger partial charge in [-0.3, -0.25) is 4.79 Å². The van der Waals surface area contributed by atoms with Gasteiger partial charge in [-0.15, -0.1) is 11.3 Å². The molecule has 1 aromatic carbocycles. The van der Waals surface area contributed by atoms with Crippen molar-refractivity contribution < 1.29 is 14.7 Å². The number of thiophene rings is 1. The number of hydrogen-bond donors (Lipinski definition) is 2. The van der Waals surface area contributed by atoms with Gasteiger partial charge in [-0.1, -0.05) is 18.2 Å². The molecule has 0 aliphatic heterocycles. The van der Waals surface area contributed by atoms with Gasteiger partial charge in [0.15, 0.2) is 0 Å². The Hall–Kier alpha value is -2.14. The van der Waals surface area contributed by atoms with Crippen LogP contribution in [0.1, 0.15) is 49.0 Å². The van der Waals surface area contributed by atoms with Crippen LogP contribution in [0.2, 0.25) is 0 Å². The third kappa shape index (κ3) is 3.49. The monoisotopic (exact) mass is 303 g/mol. The van der Waals surface area contributed by atoms with E-state index in [4.69, 9.17) is 5.11 Å². The van der Waals surface area contributed by atoms with Crippen molar-refractivity contribution in [3.8, 4) is 0 Å². The summed E-state index contributed by atoms with van der Waals surface area (Å²) in [6.07, 6.45) is 0. The van der Waals surface area contributed by atoms with Gasteiger partial charge < -0.3 is 10.4 Å². The number of carboxylic acid groups (broad SMARTS) is 1. The molecule has 1 unspecified atom stereocenters. The Kier molecular flexibility index (Phi) is 4.43. The maximum absolute atomic E-state index is 12.1. The van der Waals surface area contributed by atoms with Crippen LogP contribution in [-0.4, -0.2) is 17.0 Å². The molecule has 2 rings (SSSR count). The average molecular weight is 303 g/mol. The molecule has 4 nitrogen and oxygen atoms in total. The van der Waals surface area contributed by atoms with E-state index < -0.39 is 5.97 Å². The molecule has 0 radical (unpaired) electrons. The fourth-order valence-corrected chi connectivity index (χ4v) is 2.71. The van der Waals surface area contributed by atoms with E-state index >= 15 is 0 Å². The second-order valence-corrected chi connectivity index (χ2v) is 6.09. The van der Waals surface area contributed by atoms with E-state index in [2.05, 4.69) is 11.4 Å². The highest BCUT2D eigenvalue weighted by Gasteiger charge is 2.15. The molecule has 0 saturated carbocycles. The highest BCUT2D eigenvalue weighted by Crippen LogP contribution is 2.20. The van der Waals surface area contributed by atoms with Crippen molar-refractivity contribution in [2.75, 3.05) is 0 Å². The number of nitrogens with one attached hydrogen (secondary N) is 1. The molecule has 1 amide bonds. The molecule has 110 valence electrons. The van der Waals surface area contributed by atoms with Gasteiger partial charge in [0.1, 0.15) is 4.88 Å². The van der Waals surface area contributed by atoms with Gasteiger partial charge in [0.25, 0.3) is 5.91 Å². The van der Waals surface area contributed by atoms with Crippen molar-refractivity contribution in [2.24, 2.45) is 0 Å². The summed E-state index contributed by atoms with van der Waals surface area (Å²) in [5.41, 5.74) is 3.42. The fraction of sp³-hybridized carbons (Fsp3) is 0.250. The molecule has 21 heavy (non-hydrogen) atoms. The molecule has 0 bridgehead atoms. The van der Waals surface area contributed by atoms with Gasteiger partial charge in [-0.25, -0.2) is 4.79 Å². The molecule has 0 saturated heterocycles. The van der Waals surface area contributed by atoms with Crippen LogP contribution in [0.5, 0.6) is 0 Å². The number of hydrogen-bond acceptors (Lipinski definition) is 3. The highest BCUT2D eigenvalue weighted by molar-refractivity contribution is 7.15. The van der Waals surface area contributed by atoms with Gasteiger partial charge >= 0.3 is 5.97 Å². The molecule has 0 aliphatic carbocycles. The number of benzene rings is 1. The van der Waals surface area contributed by atoms with Gasteiger partial charge in [0.2, 0.25) is 0 Å². The number of carboxylic acids is 1. The van der Waals surface area contributed by atoms with Crippen molar-refractivity contribution in [3.05, 3.63) is 56.8 Å². The van der Waals surface area contributed by atoms with Crippen LogP contribution in [0.15, 0.2) is 30.3 Å². The van der Waals surface area contributed by atoms with Crippen LogP contribution in [0.4, 0.5) is 0 Å². The van der Waals surface area contributed by atoms with E-state index in [1.165, 1.54) is 23.3 Å². The Bertz CT molecular complexity index is 691. The van der Waals surface area contributed by atoms with E-state index in [0.717, 1.165) is 16.9 Å². The third-order valence-corrected chi connectivity index (χ3v) is 4.49. The number of amides is 1. The lowest BCUT2D eigenvalue weighted by Crippen LogP contribution is -2.25. The quantitative estimate of drug-likeness (QED) is 0.907. The molecule has 0 fully saturated rings.